The van der Waals surface area contributed by atoms with Crippen LogP contribution >= 0.6 is 0 Å². The lowest BCUT2D eigenvalue weighted by atomic mass is 10.1. The van der Waals surface area contributed by atoms with Crippen LogP contribution in [-0.4, -0.2) is 11.3 Å². The summed E-state index contributed by atoms with van der Waals surface area (Å²) in [7, 11) is 0.527. The molecule has 0 radical (unpaired) electrons. The number of benzene rings is 2. The lowest BCUT2D eigenvalue weighted by Crippen LogP contribution is -2.07. The van der Waals surface area contributed by atoms with Crippen LogP contribution in [0.25, 0.3) is 0 Å². The molecule has 0 aromatic heterocycles. The van der Waals surface area contributed by atoms with Crippen molar-refractivity contribution in [2.24, 2.45) is 5.73 Å². The van der Waals surface area contributed by atoms with E-state index in [-0.39, 0.29) is 6.04 Å². The number of aryl methyl sites for hydroxylation is 1. The Morgan fingerprint density at radius 1 is 1.19 bits per heavy atom. The first-order valence-electron chi connectivity index (χ1n) is 6.88. The van der Waals surface area contributed by atoms with Crippen LogP contribution in [0.4, 0.5) is 0 Å². The topological polar surface area (TPSA) is 52.3 Å². The van der Waals surface area contributed by atoms with E-state index >= 15 is 0 Å². The average molecular weight is 303 g/mol. The fraction of sp³-hybridized carbons (Fsp3) is 0.294. The fourth-order valence-corrected chi connectivity index (χ4v) is 3.22. The summed E-state index contributed by atoms with van der Waals surface area (Å²) in [6.45, 7) is 3.95. The molecule has 2 atom stereocenters. The minimum atomic E-state index is -1.10. The molecule has 2 rings (SSSR count). The van der Waals surface area contributed by atoms with E-state index in [1.807, 2.05) is 56.3 Å². The van der Waals surface area contributed by atoms with Crippen LogP contribution in [0, 0.1) is 6.92 Å². The predicted octanol–water partition coefficient (Wildman–Crippen LogP) is 3.33. The Bertz CT molecular complexity index is 636. The second-order valence-corrected chi connectivity index (χ2v) is 6.61. The minimum Gasteiger partial charge on any atom is -0.496 e. The molecule has 0 aliphatic heterocycles. The van der Waals surface area contributed by atoms with E-state index < -0.39 is 10.8 Å². The van der Waals surface area contributed by atoms with Crippen LogP contribution in [0.1, 0.15) is 29.7 Å². The zero-order valence-electron chi connectivity index (χ0n) is 12.6. The van der Waals surface area contributed by atoms with Crippen molar-refractivity contribution in [1.82, 2.24) is 0 Å². The Labute approximate surface area is 128 Å². The number of ether oxygens (including phenoxy) is 1. The van der Waals surface area contributed by atoms with E-state index in [9.17, 15) is 4.21 Å². The number of methoxy groups -OCH3 is 1. The van der Waals surface area contributed by atoms with Gasteiger partial charge in [0, 0.05) is 16.5 Å². The molecule has 0 saturated carbocycles. The zero-order valence-corrected chi connectivity index (χ0v) is 13.4. The zero-order chi connectivity index (χ0) is 15.4. The first kappa shape index (κ1) is 15.7. The van der Waals surface area contributed by atoms with Gasteiger partial charge >= 0.3 is 0 Å². The van der Waals surface area contributed by atoms with Crippen molar-refractivity contribution in [3.8, 4) is 5.75 Å². The maximum absolute atomic E-state index is 12.5. The Morgan fingerprint density at radius 3 is 2.43 bits per heavy atom. The summed E-state index contributed by atoms with van der Waals surface area (Å²) >= 11 is 0. The van der Waals surface area contributed by atoms with E-state index in [1.165, 1.54) is 0 Å². The third-order valence-electron chi connectivity index (χ3n) is 3.40. The summed E-state index contributed by atoms with van der Waals surface area (Å²) < 4.78 is 17.9. The average Bonchev–Trinajstić information content (AvgIpc) is 2.47. The van der Waals surface area contributed by atoms with Crippen molar-refractivity contribution >= 4 is 10.8 Å². The Hall–Kier alpha value is -1.65. The first-order chi connectivity index (χ1) is 10.0. The predicted molar refractivity (Wildman–Crippen MR) is 86.9 cm³/mol. The van der Waals surface area contributed by atoms with Gasteiger partial charge in [-0.05, 0) is 43.7 Å². The maximum atomic E-state index is 12.5. The van der Waals surface area contributed by atoms with Crippen LogP contribution in [0.15, 0.2) is 47.4 Å². The van der Waals surface area contributed by atoms with Gasteiger partial charge in [0.1, 0.15) is 5.75 Å². The highest BCUT2D eigenvalue weighted by Gasteiger charge is 2.11. The molecule has 2 unspecified atom stereocenters. The molecule has 3 nitrogen and oxygen atoms in total. The van der Waals surface area contributed by atoms with Crippen molar-refractivity contribution in [2.45, 2.75) is 30.5 Å². The van der Waals surface area contributed by atoms with Gasteiger partial charge in [0.25, 0.3) is 0 Å². The lowest BCUT2D eigenvalue weighted by molar-refractivity contribution is 0.411. The highest BCUT2D eigenvalue weighted by Crippen LogP contribution is 2.25. The highest BCUT2D eigenvalue weighted by molar-refractivity contribution is 7.84. The third kappa shape index (κ3) is 3.93. The normalized spacial score (nSPS) is 13.7. The van der Waals surface area contributed by atoms with E-state index in [4.69, 9.17) is 10.5 Å². The van der Waals surface area contributed by atoms with Crippen LogP contribution < -0.4 is 10.5 Å². The monoisotopic (exact) mass is 303 g/mol. The summed E-state index contributed by atoms with van der Waals surface area (Å²) in [6.07, 6.45) is 0. The summed E-state index contributed by atoms with van der Waals surface area (Å²) in [5.41, 5.74) is 9.02. The van der Waals surface area contributed by atoms with Gasteiger partial charge in [-0.15, -0.1) is 0 Å². The number of hydrogen-bond acceptors (Lipinski definition) is 3. The van der Waals surface area contributed by atoms with E-state index in [0.29, 0.717) is 5.75 Å². The summed E-state index contributed by atoms with van der Waals surface area (Å²) in [6, 6.07) is 13.5. The minimum absolute atomic E-state index is 0.0533. The second-order valence-electron chi connectivity index (χ2n) is 5.16. The maximum Gasteiger partial charge on any atom is 0.123 e. The molecular formula is C17H21NO2S. The van der Waals surface area contributed by atoms with Crippen molar-refractivity contribution in [3.05, 3.63) is 59.2 Å². The van der Waals surface area contributed by atoms with Gasteiger partial charge in [0.2, 0.25) is 0 Å². The Morgan fingerprint density at radius 2 is 1.86 bits per heavy atom. The molecule has 112 valence electrons. The molecule has 21 heavy (non-hydrogen) atoms. The van der Waals surface area contributed by atoms with Crippen molar-refractivity contribution < 1.29 is 8.95 Å². The molecule has 2 aromatic carbocycles. The Kier molecular flexibility index (Phi) is 5.15. The van der Waals surface area contributed by atoms with E-state index in [1.54, 1.807) is 7.11 Å². The molecule has 0 bridgehead atoms. The smallest absolute Gasteiger partial charge is 0.123 e. The van der Waals surface area contributed by atoms with Crippen LogP contribution in [0.2, 0.25) is 0 Å². The molecule has 0 heterocycles. The van der Waals surface area contributed by atoms with Gasteiger partial charge < -0.3 is 10.5 Å². The summed E-state index contributed by atoms with van der Waals surface area (Å²) in [4.78, 5) is 0.828. The largest absolute Gasteiger partial charge is 0.496 e. The van der Waals surface area contributed by atoms with Gasteiger partial charge in [-0.1, -0.05) is 23.8 Å². The van der Waals surface area contributed by atoms with Gasteiger partial charge in [-0.25, -0.2) is 0 Å². The lowest BCUT2D eigenvalue weighted by Gasteiger charge is -2.13. The van der Waals surface area contributed by atoms with Gasteiger partial charge in [-0.3, -0.25) is 4.21 Å². The van der Waals surface area contributed by atoms with Crippen LogP contribution in [-0.2, 0) is 16.6 Å². The van der Waals surface area contributed by atoms with E-state index in [2.05, 4.69) is 0 Å². The summed E-state index contributed by atoms with van der Waals surface area (Å²) in [5, 5.41) is 0. The fourth-order valence-electron chi connectivity index (χ4n) is 2.11. The third-order valence-corrected chi connectivity index (χ3v) is 4.77. The molecule has 0 aliphatic carbocycles. The van der Waals surface area contributed by atoms with E-state index in [0.717, 1.165) is 27.3 Å². The van der Waals surface area contributed by atoms with Gasteiger partial charge in [0.15, 0.2) is 0 Å². The van der Waals surface area contributed by atoms with Crippen molar-refractivity contribution in [2.75, 3.05) is 7.11 Å². The SMILES string of the molecule is COc1ccc(C(C)N)cc1CS(=O)c1ccc(C)cc1. The number of nitrogens with two attached hydrogens (primary N) is 1. The van der Waals surface area contributed by atoms with Crippen molar-refractivity contribution in [1.29, 1.82) is 0 Å². The molecule has 0 aliphatic rings. The first-order valence-corrected chi connectivity index (χ1v) is 8.20. The molecule has 0 spiro atoms. The molecule has 0 fully saturated rings. The quantitative estimate of drug-likeness (QED) is 0.921. The number of hydrogen-bond donors (Lipinski definition) is 1. The molecule has 2 aromatic rings. The standard InChI is InChI=1S/C17H21NO2S/c1-12-4-7-16(8-5-12)21(19)11-15-10-14(13(2)18)6-9-17(15)20-3/h4-10,13H,11,18H2,1-3H3. The molecule has 0 amide bonds. The molecule has 4 heteroatoms. The van der Waals surface area contributed by atoms with Crippen LogP contribution in [0.5, 0.6) is 5.75 Å². The molecule has 0 saturated heterocycles. The molecule has 2 N–H and O–H groups in total. The second kappa shape index (κ2) is 6.87. The Balaban J connectivity index is 2.27. The van der Waals surface area contributed by atoms with Crippen LogP contribution in [0.3, 0.4) is 0 Å². The van der Waals surface area contributed by atoms with Gasteiger partial charge in [0.05, 0.1) is 23.7 Å². The summed E-state index contributed by atoms with van der Waals surface area (Å²) in [5.74, 6) is 1.17. The number of rotatable bonds is 5. The van der Waals surface area contributed by atoms with Crippen molar-refractivity contribution in [3.63, 3.8) is 0 Å². The van der Waals surface area contributed by atoms with Gasteiger partial charge in [-0.2, -0.15) is 0 Å². The highest BCUT2D eigenvalue weighted by atomic mass is 32.2. The molecular weight excluding hydrogens is 282 g/mol.